The van der Waals surface area contributed by atoms with Gasteiger partial charge in [0.05, 0.1) is 19.6 Å². The fraction of sp³-hybridized carbons (Fsp3) is 0.0769. The van der Waals surface area contributed by atoms with Crippen molar-refractivity contribution < 1.29 is 16.8 Å². The van der Waals surface area contributed by atoms with Gasteiger partial charge in [-0.05, 0) is 61.0 Å². The molecule has 0 aromatic heterocycles. The van der Waals surface area contributed by atoms with Gasteiger partial charge in [-0.1, -0.05) is 82.2 Å². The van der Waals surface area contributed by atoms with Gasteiger partial charge in [0.15, 0.2) is 0 Å². The molecule has 0 unspecified atom stereocenters. The third kappa shape index (κ3) is 8.26. The number of thiol groups is 1. The molecule has 4 rings (SSSR count). The number of rotatable bonds is 5. The Morgan fingerprint density at radius 3 is 1.28 bits per heavy atom. The summed E-state index contributed by atoms with van der Waals surface area (Å²) in [6.07, 6.45) is 0. The summed E-state index contributed by atoms with van der Waals surface area (Å²) in [5.41, 5.74) is 2.10. The van der Waals surface area contributed by atoms with Gasteiger partial charge in [0, 0.05) is 5.33 Å². The third-order valence-corrected chi connectivity index (χ3v) is 9.04. The second-order valence-electron chi connectivity index (χ2n) is 7.34. The van der Waals surface area contributed by atoms with Gasteiger partial charge in [0.25, 0.3) is 0 Å². The Kier molecular flexibility index (Phi) is 11.8. The first kappa shape index (κ1) is 29.7. The fourth-order valence-corrected chi connectivity index (χ4v) is 5.88. The zero-order valence-electron chi connectivity index (χ0n) is 19.4. The van der Waals surface area contributed by atoms with Crippen molar-refractivity contribution in [3.8, 4) is 0 Å². The van der Waals surface area contributed by atoms with E-state index in [0.717, 1.165) is 16.5 Å². The zero-order valence-corrected chi connectivity index (χ0v) is 23.5. The minimum absolute atomic E-state index is 0.326. The number of alkyl halides is 1. The van der Waals surface area contributed by atoms with Crippen molar-refractivity contribution in [1.29, 1.82) is 0 Å². The van der Waals surface area contributed by atoms with Crippen molar-refractivity contribution in [2.75, 3.05) is 0 Å². The van der Waals surface area contributed by atoms with Crippen molar-refractivity contribution in [2.24, 2.45) is 4.30 Å². The molecule has 0 saturated carbocycles. The van der Waals surface area contributed by atoms with Crippen LogP contribution in [-0.4, -0.2) is 24.5 Å². The fourth-order valence-electron chi connectivity index (χ4n) is 2.95. The molecule has 0 heterocycles. The SMILES string of the molecule is Cc1ccc(S(=O)(=O)c2ccccc2)cc1.O=S(=O)(c1ccccc1)c1ccc(CBr)cc1.[B]=NS. The summed E-state index contributed by atoms with van der Waals surface area (Å²) in [5, 5.41) is 0.721. The van der Waals surface area contributed by atoms with E-state index in [1.54, 1.807) is 97.1 Å². The summed E-state index contributed by atoms with van der Waals surface area (Å²) in [6.45, 7) is 1.93. The summed E-state index contributed by atoms with van der Waals surface area (Å²) in [7, 11) is -2.40. The standard InChI is InChI=1S/C13H11BrO2S.C13H12O2S.BHNS/c14-10-11-6-8-13(9-7-11)17(15,16)12-4-2-1-3-5-12;1-11-7-9-13(10-8-11)16(14,15)12-5-3-2-4-6-12;1-2-3/h1-9H,10H2;2-10H,1H3;3H. The van der Waals surface area contributed by atoms with Crippen LogP contribution in [0.4, 0.5) is 0 Å². The molecule has 0 N–H and O–H groups in total. The molecule has 0 bridgehead atoms. The van der Waals surface area contributed by atoms with E-state index >= 15 is 0 Å². The molecule has 0 aliphatic heterocycles. The second kappa shape index (κ2) is 14.3. The summed E-state index contributed by atoms with van der Waals surface area (Å²) >= 11 is 6.52. The number of hydrogen-bond donors (Lipinski definition) is 1. The van der Waals surface area contributed by atoms with E-state index in [0.29, 0.717) is 19.6 Å². The van der Waals surface area contributed by atoms with Crippen LogP contribution in [0.15, 0.2) is 133 Å². The topological polar surface area (TPSA) is 80.6 Å². The first-order valence-electron chi connectivity index (χ1n) is 10.5. The molecule has 0 aliphatic carbocycles. The Hall–Kier alpha value is -2.53. The number of aryl methyl sites for hydroxylation is 1. The van der Waals surface area contributed by atoms with Gasteiger partial charge in [-0.2, -0.15) is 0 Å². The second-order valence-corrected chi connectivity index (χ2v) is 12.0. The van der Waals surface area contributed by atoms with Crippen LogP contribution < -0.4 is 0 Å². The Balaban J connectivity index is 0.000000229. The number of hydrogen-bond acceptors (Lipinski definition) is 6. The Labute approximate surface area is 228 Å². The maximum absolute atomic E-state index is 12.2. The van der Waals surface area contributed by atoms with E-state index < -0.39 is 19.7 Å². The molecule has 0 fully saturated rings. The quantitative estimate of drug-likeness (QED) is 0.163. The van der Waals surface area contributed by atoms with Gasteiger partial charge < -0.3 is 0 Å². The molecule has 185 valence electrons. The molecular weight excluding hydrogens is 577 g/mol. The van der Waals surface area contributed by atoms with Crippen LogP contribution in [0.2, 0.25) is 0 Å². The van der Waals surface area contributed by atoms with Crippen molar-refractivity contribution in [1.82, 2.24) is 0 Å². The maximum atomic E-state index is 12.2. The van der Waals surface area contributed by atoms with E-state index in [-0.39, 0.29) is 0 Å². The van der Waals surface area contributed by atoms with Crippen molar-refractivity contribution >= 4 is 56.1 Å². The molecule has 0 saturated heterocycles. The molecule has 0 atom stereocenters. The molecule has 1 radical (unpaired) electrons. The minimum atomic E-state index is -3.38. The van der Waals surface area contributed by atoms with E-state index in [1.807, 2.05) is 19.1 Å². The van der Waals surface area contributed by atoms with Crippen LogP contribution in [0.1, 0.15) is 11.1 Å². The zero-order chi connectivity index (χ0) is 26.6. The van der Waals surface area contributed by atoms with Crippen LogP contribution in [0.3, 0.4) is 0 Å². The van der Waals surface area contributed by atoms with Gasteiger partial charge in [-0.3, -0.25) is 0 Å². The van der Waals surface area contributed by atoms with Crippen molar-refractivity contribution in [3.63, 3.8) is 0 Å². The summed E-state index contributed by atoms with van der Waals surface area (Å²) in [4.78, 5) is 1.32. The average molecular weight is 601 g/mol. The summed E-state index contributed by atoms with van der Waals surface area (Å²) < 4.78 is 51.4. The molecule has 0 amide bonds. The van der Waals surface area contributed by atoms with Gasteiger partial charge in [-0.15, -0.1) is 0 Å². The van der Waals surface area contributed by atoms with E-state index in [4.69, 9.17) is 0 Å². The molecule has 10 heteroatoms. The van der Waals surface area contributed by atoms with Crippen LogP contribution in [0, 0.1) is 6.92 Å². The van der Waals surface area contributed by atoms with Gasteiger partial charge in [0.1, 0.15) is 0 Å². The Morgan fingerprint density at radius 1 is 0.639 bits per heavy atom. The third-order valence-electron chi connectivity index (χ3n) is 4.83. The molecule has 36 heavy (non-hydrogen) atoms. The predicted molar refractivity (Wildman–Crippen MR) is 151 cm³/mol. The number of sulfone groups is 2. The van der Waals surface area contributed by atoms with Crippen LogP contribution in [0.25, 0.3) is 0 Å². The van der Waals surface area contributed by atoms with Crippen LogP contribution >= 0.6 is 28.7 Å². The molecule has 4 aromatic carbocycles. The molecule has 0 spiro atoms. The van der Waals surface area contributed by atoms with E-state index in [2.05, 4.69) is 40.7 Å². The Morgan fingerprint density at radius 2 is 0.944 bits per heavy atom. The number of benzene rings is 4. The molecule has 4 aromatic rings. The molecule has 5 nitrogen and oxygen atoms in total. The van der Waals surface area contributed by atoms with Crippen molar-refractivity contribution in [2.45, 2.75) is 31.8 Å². The van der Waals surface area contributed by atoms with Gasteiger partial charge >= 0.3 is 24.8 Å². The van der Waals surface area contributed by atoms with Crippen LogP contribution in [-0.2, 0) is 25.0 Å². The summed E-state index contributed by atoms with van der Waals surface area (Å²) in [6, 6.07) is 30.7. The number of nitrogens with zero attached hydrogens (tertiary/aromatic N) is 1. The van der Waals surface area contributed by atoms with Crippen LogP contribution in [0.5, 0.6) is 0 Å². The monoisotopic (exact) mass is 600 g/mol. The first-order chi connectivity index (χ1) is 17.2. The van der Waals surface area contributed by atoms with Crippen molar-refractivity contribution in [3.05, 3.63) is 120 Å². The molecule has 0 aliphatic rings. The average Bonchev–Trinajstić information content (AvgIpc) is 2.91. The Bertz CT molecular complexity index is 1450. The normalized spacial score (nSPS) is 10.7. The number of halogens is 1. The van der Waals surface area contributed by atoms with Gasteiger partial charge in [0.2, 0.25) is 19.7 Å². The molecular formula is C26H24BBrNO4S3. The van der Waals surface area contributed by atoms with E-state index in [9.17, 15) is 16.8 Å². The van der Waals surface area contributed by atoms with Gasteiger partial charge in [-0.25, -0.2) is 16.8 Å². The predicted octanol–water partition coefficient (Wildman–Crippen LogP) is 6.43. The summed E-state index contributed by atoms with van der Waals surface area (Å²) in [5.74, 6) is 0. The van der Waals surface area contributed by atoms with E-state index in [1.165, 1.54) is 0 Å². The first-order valence-corrected chi connectivity index (χ1v) is 15.0.